The summed E-state index contributed by atoms with van der Waals surface area (Å²) in [6, 6.07) is 12.8. The predicted molar refractivity (Wildman–Crippen MR) is 136 cm³/mol. The summed E-state index contributed by atoms with van der Waals surface area (Å²) in [5.41, 5.74) is 1.96. The number of guanidine groups is 1. The number of rotatable bonds is 8. The van der Waals surface area contributed by atoms with E-state index in [1.54, 1.807) is 33.4 Å². The lowest BCUT2D eigenvalue weighted by Crippen LogP contribution is -2.48. The van der Waals surface area contributed by atoms with Crippen LogP contribution in [0, 0.1) is 5.82 Å². The summed E-state index contributed by atoms with van der Waals surface area (Å²) in [5, 5.41) is 6.81. The van der Waals surface area contributed by atoms with E-state index in [-0.39, 0.29) is 35.2 Å². The number of nitrogens with one attached hydrogen (secondary N) is 2. The highest BCUT2D eigenvalue weighted by molar-refractivity contribution is 14.0. The topological polar surface area (TPSA) is 64.1 Å². The third kappa shape index (κ3) is 6.71. The van der Waals surface area contributed by atoms with Gasteiger partial charge in [0.1, 0.15) is 5.82 Å². The number of hydrogen-bond acceptors (Lipinski definition) is 4. The summed E-state index contributed by atoms with van der Waals surface area (Å²) < 4.78 is 30.1. The van der Waals surface area contributed by atoms with Crippen LogP contribution in [0.25, 0.3) is 0 Å². The highest BCUT2D eigenvalue weighted by Gasteiger charge is 2.34. The maximum absolute atomic E-state index is 13.9. The summed E-state index contributed by atoms with van der Waals surface area (Å²) >= 11 is 0. The van der Waals surface area contributed by atoms with Crippen LogP contribution >= 0.6 is 24.0 Å². The number of ether oxygens (including phenoxy) is 3. The number of hydrogen-bond donors (Lipinski definition) is 2. The monoisotopic (exact) mass is 557 g/mol. The van der Waals surface area contributed by atoms with Gasteiger partial charge in [0.05, 0.1) is 14.2 Å². The zero-order valence-corrected chi connectivity index (χ0v) is 21.3. The molecule has 3 rings (SSSR count). The van der Waals surface area contributed by atoms with Gasteiger partial charge in [0.2, 0.25) is 0 Å². The van der Waals surface area contributed by atoms with E-state index in [0.717, 1.165) is 47.8 Å². The van der Waals surface area contributed by atoms with Crippen LogP contribution < -0.4 is 20.1 Å². The second kappa shape index (κ2) is 12.8. The largest absolute Gasteiger partial charge is 0.493 e. The SMILES string of the molecule is CN=C(NCCc1ccc(OC)c(OC)c1)NCC1(c2cccc(F)c2)CCOCC1.I. The third-order valence-electron chi connectivity index (χ3n) is 5.86. The van der Waals surface area contributed by atoms with Gasteiger partial charge in [-0.1, -0.05) is 18.2 Å². The van der Waals surface area contributed by atoms with Crippen LogP contribution in [-0.4, -0.2) is 53.5 Å². The molecule has 0 aromatic heterocycles. The molecule has 0 amide bonds. The second-order valence-corrected chi connectivity index (χ2v) is 7.69. The van der Waals surface area contributed by atoms with Crippen LogP contribution in [0.1, 0.15) is 24.0 Å². The van der Waals surface area contributed by atoms with Crippen molar-refractivity contribution in [2.24, 2.45) is 4.99 Å². The summed E-state index contributed by atoms with van der Waals surface area (Å²) in [7, 11) is 5.02. The van der Waals surface area contributed by atoms with Gasteiger partial charge in [-0.25, -0.2) is 4.39 Å². The Kier molecular flexibility index (Phi) is 10.5. The van der Waals surface area contributed by atoms with Crippen molar-refractivity contribution in [1.82, 2.24) is 10.6 Å². The minimum absolute atomic E-state index is 0. The Morgan fingerprint density at radius 1 is 1.06 bits per heavy atom. The van der Waals surface area contributed by atoms with Crippen LogP contribution in [0.4, 0.5) is 4.39 Å². The molecule has 0 aliphatic carbocycles. The molecule has 2 aromatic rings. The third-order valence-corrected chi connectivity index (χ3v) is 5.86. The first kappa shape index (κ1) is 26.2. The van der Waals surface area contributed by atoms with Gasteiger partial charge >= 0.3 is 0 Å². The number of benzene rings is 2. The van der Waals surface area contributed by atoms with Crippen LogP contribution in [0.15, 0.2) is 47.5 Å². The second-order valence-electron chi connectivity index (χ2n) is 7.69. The molecule has 1 saturated heterocycles. The first-order chi connectivity index (χ1) is 15.1. The fourth-order valence-corrected chi connectivity index (χ4v) is 3.98. The molecule has 8 heteroatoms. The average molecular weight is 557 g/mol. The first-order valence-corrected chi connectivity index (χ1v) is 10.6. The summed E-state index contributed by atoms with van der Waals surface area (Å²) in [6.07, 6.45) is 2.49. The Balaban J connectivity index is 0.00000363. The van der Waals surface area contributed by atoms with Crippen molar-refractivity contribution in [3.05, 3.63) is 59.4 Å². The molecule has 1 fully saturated rings. The number of aliphatic imine (C=N–C) groups is 1. The standard InChI is InChI=1S/C24H32FN3O3.HI/c1-26-23(27-12-9-18-7-8-21(29-2)22(15-18)30-3)28-17-24(10-13-31-14-11-24)19-5-4-6-20(25)16-19;/h4-8,15-16H,9-14,17H2,1-3H3,(H2,26,27,28);1H. The van der Waals surface area contributed by atoms with E-state index >= 15 is 0 Å². The first-order valence-electron chi connectivity index (χ1n) is 10.6. The summed E-state index contributed by atoms with van der Waals surface area (Å²) in [4.78, 5) is 4.35. The Morgan fingerprint density at radius 2 is 1.81 bits per heavy atom. The van der Waals surface area contributed by atoms with Crippen molar-refractivity contribution in [2.75, 3.05) is 47.6 Å². The molecule has 6 nitrogen and oxygen atoms in total. The Morgan fingerprint density at radius 3 is 2.47 bits per heavy atom. The fraction of sp³-hybridized carbons (Fsp3) is 0.458. The van der Waals surface area contributed by atoms with Gasteiger partial charge in [0, 0.05) is 38.8 Å². The van der Waals surface area contributed by atoms with E-state index in [4.69, 9.17) is 14.2 Å². The van der Waals surface area contributed by atoms with Crippen LogP contribution in [0.3, 0.4) is 0 Å². The van der Waals surface area contributed by atoms with Crippen LogP contribution in [0.5, 0.6) is 11.5 Å². The minimum atomic E-state index is -0.208. The maximum atomic E-state index is 13.9. The van der Waals surface area contributed by atoms with Gasteiger partial charge < -0.3 is 24.8 Å². The lowest BCUT2D eigenvalue weighted by Gasteiger charge is -2.38. The summed E-state index contributed by atoms with van der Waals surface area (Å²) in [6.45, 7) is 2.72. The van der Waals surface area contributed by atoms with E-state index in [0.29, 0.717) is 26.3 Å². The molecule has 0 unspecified atom stereocenters. The number of methoxy groups -OCH3 is 2. The molecule has 0 spiro atoms. The molecule has 1 aliphatic rings. The molecule has 0 atom stereocenters. The zero-order chi connectivity index (χ0) is 22.1. The zero-order valence-electron chi connectivity index (χ0n) is 18.9. The highest BCUT2D eigenvalue weighted by Crippen LogP contribution is 2.34. The predicted octanol–water partition coefficient (Wildman–Crippen LogP) is 3.92. The van der Waals surface area contributed by atoms with Gasteiger partial charge in [-0.05, 0) is 54.7 Å². The molecule has 1 heterocycles. The smallest absolute Gasteiger partial charge is 0.191 e. The van der Waals surface area contributed by atoms with Gasteiger partial charge in [0.15, 0.2) is 17.5 Å². The molecule has 176 valence electrons. The van der Waals surface area contributed by atoms with Crippen molar-refractivity contribution >= 4 is 29.9 Å². The van der Waals surface area contributed by atoms with Crippen molar-refractivity contribution in [2.45, 2.75) is 24.7 Å². The number of halogens is 2. The van der Waals surface area contributed by atoms with Crippen LogP contribution in [-0.2, 0) is 16.6 Å². The molecule has 2 aromatic carbocycles. The van der Waals surface area contributed by atoms with Crippen LogP contribution in [0.2, 0.25) is 0 Å². The Hall–Kier alpha value is -2.07. The van der Waals surface area contributed by atoms with Gasteiger partial charge in [-0.3, -0.25) is 4.99 Å². The molecular weight excluding hydrogens is 524 g/mol. The van der Waals surface area contributed by atoms with E-state index in [1.807, 2.05) is 24.3 Å². The molecule has 2 N–H and O–H groups in total. The Labute approximate surface area is 207 Å². The fourth-order valence-electron chi connectivity index (χ4n) is 3.98. The molecule has 1 aliphatic heterocycles. The van der Waals surface area contributed by atoms with Gasteiger partial charge in [-0.15, -0.1) is 24.0 Å². The minimum Gasteiger partial charge on any atom is -0.493 e. The van der Waals surface area contributed by atoms with E-state index in [1.165, 1.54) is 6.07 Å². The normalized spacial score (nSPS) is 15.4. The lowest BCUT2D eigenvalue weighted by molar-refractivity contribution is 0.0513. The average Bonchev–Trinajstić information content (AvgIpc) is 2.81. The highest BCUT2D eigenvalue weighted by atomic mass is 127. The number of nitrogens with zero attached hydrogens (tertiary/aromatic N) is 1. The van der Waals surface area contributed by atoms with E-state index < -0.39 is 0 Å². The van der Waals surface area contributed by atoms with Gasteiger partial charge in [0.25, 0.3) is 0 Å². The molecule has 0 bridgehead atoms. The van der Waals surface area contributed by atoms with E-state index in [2.05, 4.69) is 15.6 Å². The molecule has 32 heavy (non-hydrogen) atoms. The lowest BCUT2D eigenvalue weighted by atomic mass is 9.74. The van der Waals surface area contributed by atoms with Crippen molar-refractivity contribution in [3.63, 3.8) is 0 Å². The van der Waals surface area contributed by atoms with Crippen molar-refractivity contribution < 1.29 is 18.6 Å². The molecular formula is C24H33FIN3O3. The molecule has 0 saturated carbocycles. The van der Waals surface area contributed by atoms with Crippen molar-refractivity contribution in [3.8, 4) is 11.5 Å². The quantitative estimate of drug-likeness (QED) is 0.293. The van der Waals surface area contributed by atoms with Crippen molar-refractivity contribution in [1.29, 1.82) is 0 Å². The Bertz CT molecular complexity index is 889. The van der Waals surface area contributed by atoms with Gasteiger partial charge in [-0.2, -0.15) is 0 Å². The maximum Gasteiger partial charge on any atom is 0.191 e. The van der Waals surface area contributed by atoms with E-state index in [9.17, 15) is 4.39 Å². The molecule has 0 radical (unpaired) electrons. The summed E-state index contributed by atoms with van der Waals surface area (Å²) in [5.74, 6) is 1.96.